The largest absolute Gasteiger partial charge is 0.349 e. The number of carbonyl (C=O) groups excluding carboxylic acids is 1. The van der Waals surface area contributed by atoms with E-state index in [0.717, 1.165) is 25.7 Å². The summed E-state index contributed by atoms with van der Waals surface area (Å²) in [6.07, 6.45) is 3.66. The highest BCUT2D eigenvalue weighted by Crippen LogP contribution is 2.21. The second kappa shape index (κ2) is 6.18. The van der Waals surface area contributed by atoms with E-state index in [1.807, 2.05) is 6.07 Å². The van der Waals surface area contributed by atoms with Crippen LogP contribution in [0, 0.1) is 0 Å². The van der Waals surface area contributed by atoms with Gasteiger partial charge in [-0.1, -0.05) is 23.7 Å². The average Bonchev–Trinajstić information content (AvgIpc) is 2.40. The summed E-state index contributed by atoms with van der Waals surface area (Å²) in [7, 11) is 0. The van der Waals surface area contributed by atoms with Gasteiger partial charge in [0.2, 0.25) is 0 Å². The Kier molecular flexibility index (Phi) is 4.58. The third-order valence-electron chi connectivity index (χ3n) is 3.32. The molecule has 3 N–H and O–H groups in total. The first-order valence-electron chi connectivity index (χ1n) is 6.11. The molecule has 1 aliphatic rings. The van der Waals surface area contributed by atoms with Gasteiger partial charge >= 0.3 is 0 Å². The van der Waals surface area contributed by atoms with Gasteiger partial charge in [-0.25, -0.2) is 5.90 Å². The molecule has 0 bridgehead atoms. The molecule has 1 aliphatic carbocycles. The first-order valence-corrected chi connectivity index (χ1v) is 6.49. The van der Waals surface area contributed by atoms with E-state index in [1.165, 1.54) is 0 Å². The van der Waals surface area contributed by atoms with Crippen LogP contribution in [0.25, 0.3) is 0 Å². The number of benzene rings is 1. The fraction of sp³-hybridized carbons (Fsp3) is 0.462. The number of hydrogen-bond acceptors (Lipinski definition) is 3. The van der Waals surface area contributed by atoms with Gasteiger partial charge in [0.05, 0.1) is 16.7 Å². The number of carbonyl (C=O) groups is 1. The van der Waals surface area contributed by atoms with E-state index in [2.05, 4.69) is 5.32 Å². The minimum Gasteiger partial charge on any atom is -0.349 e. The van der Waals surface area contributed by atoms with Gasteiger partial charge in [-0.15, -0.1) is 0 Å². The van der Waals surface area contributed by atoms with E-state index >= 15 is 0 Å². The topological polar surface area (TPSA) is 64.3 Å². The van der Waals surface area contributed by atoms with Crippen LogP contribution < -0.4 is 11.2 Å². The molecule has 2 rings (SSSR count). The molecule has 0 aliphatic heterocycles. The zero-order valence-corrected chi connectivity index (χ0v) is 10.8. The van der Waals surface area contributed by atoms with Crippen LogP contribution in [0.1, 0.15) is 36.0 Å². The molecule has 1 amide bonds. The molecular weight excluding hydrogens is 252 g/mol. The lowest BCUT2D eigenvalue weighted by Gasteiger charge is -2.27. The Labute approximate surface area is 111 Å². The molecule has 5 heteroatoms. The molecule has 0 radical (unpaired) electrons. The van der Waals surface area contributed by atoms with E-state index in [-0.39, 0.29) is 18.1 Å². The van der Waals surface area contributed by atoms with E-state index in [9.17, 15) is 4.79 Å². The zero-order chi connectivity index (χ0) is 13.0. The molecule has 0 unspecified atom stereocenters. The van der Waals surface area contributed by atoms with E-state index in [0.29, 0.717) is 10.6 Å². The standard InChI is InChI=1S/C13H17ClN2O2/c14-12-4-2-1-3-11(12)13(17)16-9-5-7-10(18-15)8-6-9/h1-4,9-10H,5-8,15H2,(H,16,17). The zero-order valence-electron chi connectivity index (χ0n) is 10.1. The highest BCUT2D eigenvalue weighted by molar-refractivity contribution is 6.33. The van der Waals surface area contributed by atoms with Gasteiger partial charge in [0.25, 0.3) is 5.91 Å². The molecular formula is C13H17ClN2O2. The SMILES string of the molecule is NOC1CCC(NC(=O)c2ccccc2Cl)CC1. The lowest BCUT2D eigenvalue weighted by Crippen LogP contribution is -2.39. The third-order valence-corrected chi connectivity index (χ3v) is 3.65. The van der Waals surface area contributed by atoms with Gasteiger partial charge in [0.1, 0.15) is 0 Å². The van der Waals surface area contributed by atoms with Gasteiger partial charge in [0.15, 0.2) is 0 Å². The summed E-state index contributed by atoms with van der Waals surface area (Å²) in [6.45, 7) is 0. The van der Waals surface area contributed by atoms with Crippen molar-refractivity contribution in [3.05, 3.63) is 34.9 Å². The Morgan fingerprint density at radius 1 is 1.28 bits per heavy atom. The van der Waals surface area contributed by atoms with Crippen molar-refractivity contribution in [3.63, 3.8) is 0 Å². The summed E-state index contributed by atoms with van der Waals surface area (Å²) < 4.78 is 0. The van der Waals surface area contributed by atoms with Crippen molar-refractivity contribution in [2.24, 2.45) is 5.90 Å². The van der Waals surface area contributed by atoms with E-state index < -0.39 is 0 Å². The summed E-state index contributed by atoms with van der Waals surface area (Å²) in [6, 6.07) is 7.24. The molecule has 0 spiro atoms. The van der Waals surface area contributed by atoms with Crippen molar-refractivity contribution < 1.29 is 9.63 Å². The fourth-order valence-corrected chi connectivity index (χ4v) is 2.47. The molecule has 18 heavy (non-hydrogen) atoms. The molecule has 0 aromatic heterocycles. The van der Waals surface area contributed by atoms with Gasteiger partial charge in [-0.2, -0.15) is 0 Å². The van der Waals surface area contributed by atoms with Crippen LogP contribution in [0.2, 0.25) is 5.02 Å². The molecule has 1 saturated carbocycles. The van der Waals surface area contributed by atoms with Crippen LogP contribution in [-0.4, -0.2) is 18.1 Å². The molecule has 1 fully saturated rings. The smallest absolute Gasteiger partial charge is 0.253 e. The minimum atomic E-state index is -0.113. The Morgan fingerprint density at radius 3 is 2.56 bits per heavy atom. The monoisotopic (exact) mass is 268 g/mol. The summed E-state index contributed by atoms with van der Waals surface area (Å²) in [5.74, 6) is 5.04. The van der Waals surface area contributed by atoms with Crippen molar-refractivity contribution >= 4 is 17.5 Å². The maximum Gasteiger partial charge on any atom is 0.253 e. The second-order valence-electron chi connectivity index (χ2n) is 4.56. The molecule has 0 atom stereocenters. The van der Waals surface area contributed by atoms with E-state index in [1.54, 1.807) is 18.2 Å². The van der Waals surface area contributed by atoms with Crippen LogP contribution >= 0.6 is 11.6 Å². The Hall–Kier alpha value is -1.10. The molecule has 4 nitrogen and oxygen atoms in total. The van der Waals surface area contributed by atoms with Crippen LogP contribution in [0.3, 0.4) is 0 Å². The predicted molar refractivity (Wildman–Crippen MR) is 70.2 cm³/mol. The van der Waals surface area contributed by atoms with E-state index in [4.69, 9.17) is 22.3 Å². The molecule has 0 saturated heterocycles. The fourth-order valence-electron chi connectivity index (χ4n) is 2.25. The normalized spacial score (nSPS) is 23.7. The summed E-state index contributed by atoms with van der Waals surface area (Å²) >= 11 is 5.99. The Bertz CT molecular complexity index is 417. The number of nitrogens with one attached hydrogen (secondary N) is 1. The lowest BCUT2D eigenvalue weighted by atomic mass is 9.93. The van der Waals surface area contributed by atoms with Crippen molar-refractivity contribution in [1.29, 1.82) is 0 Å². The van der Waals surface area contributed by atoms with Crippen molar-refractivity contribution in [1.82, 2.24) is 5.32 Å². The highest BCUT2D eigenvalue weighted by atomic mass is 35.5. The predicted octanol–water partition coefficient (Wildman–Crippen LogP) is 2.27. The number of nitrogens with two attached hydrogens (primary N) is 1. The van der Waals surface area contributed by atoms with Gasteiger partial charge in [0, 0.05) is 6.04 Å². The van der Waals surface area contributed by atoms with Crippen molar-refractivity contribution in [2.75, 3.05) is 0 Å². The summed E-state index contributed by atoms with van der Waals surface area (Å²) in [4.78, 5) is 16.8. The number of amides is 1. The first kappa shape index (κ1) is 13.3. The number of rotatable bonds is 3. The second-order valence-corrected chi connectivity index (χ2v) is 4.97. The Morgan fingerprint density at radius 2 is 1.94 bits per heavy atom. The van der Waals surface area contributed by atoms with Gasteiger partial charge in [-0.05, 0) is 37.8 Å². The Balaban J connectivity index is 1.91. The molecule has 1 aromatic rings. The maximum absolute atomic E-state index is 12.0. The van der Waals surface area contributed by atoms with Crippen molar-refractivity contribution in [3.8, 4) is 0 Å². The minimum absolute atomic E-state index is 0.113. The van der Waals surface area contributed by atoms with Gasteiger partial charge < -0.3 is 10.2 Å². The molecule has 98 valence electrons. The van der Waals surface area contributed by atoms with Crippen LogP contribution in [0.4, 0.5) is 0 Å². The molecule has 0 heterocycles. The first-order chi connectivity index (χ1) is 8.70. The lowest BCUT2D eigenvalue weighted by molar-refractivity contribution is 0.0217. The summed E-state index contributed by atoms with van der Waals surface area (Å²) in [5, 5.41) is 3.48. The maximum atomic E-state index is 12.0. The van der Waals surface area contributed by atoms with Gasteiger partial charge in [-0.3, -0.25) is 4.79 Å². The third kappa shape index (κ3) is 3.22. The molecule has 1 aromatic carbocycles. The quantitative estimate of drug-likeness (QED) is 0.827. The summed E-state index contributed by atoms with van der Waals surface area (Å²) in [5.41, 5.74) is 0.524. The van der Waals surface area contributed by atoms with Crippen LogP contribution in [0.5, 0.6) is 0 Å². The average molecular weight is 269 g/mol. The van der Waals surface area contributed by atoms with Crippen LogP contribution in [0.15, 0.2) is 24.3 Å². The highest BCUT2D eigenvalue weighted by Gasteiger charge is 2.23. The number of halogens is 1. The van der Waals surface area contributed by atoms with Crippen LogP contribution in [-0.2, 0) is 4.84 Å². The number of hydrogen-bond donors (Lipinski definition) is 2. The van der Waals surface area contributed by atoms with Crippen molar-refractivity contribution in [2.45, 2.75) is 37.8 Å².